The van der Waals surface area contributed by atoms with Gasteiger partial charge in [0.25, 0.3) is 0 Å². The summed E-state index contributed by atoms with van der Waals surface area (Å²) in [6.07, 6.45) is -0.657. The largest absolute Gasteiger partial charge is 0.507 e. The van der Waals surface area contributed by atoms with Gasteiger partial charge >= 0.3 is 6.16 Å². The summed E-state index contributed by atoms with van der Waals surface area (Å²) >= 11 is 0. The average Bonchev–Trinajstić information content (AvgIpc) is 2.30. The van der Waals surface area contributed by atoms with E-state index in [0.29, 0.717) is 0 Å². The third-order valence-corrected chi connectivity index (χ3v) is 1.59. The molecule has 0 aliphatic carbocycles. The Morgan fingerprint density at radius 1 is 1.00 bits per heavy atom. The number of methoxy groups -OCH3 is 3. The van der Waals surface area contributed by atoms with Crippen LogP contribution in [0.1, 0.15) is 5.56 Å². The van der Waals surface area contributed by atoms with Gasteiger partial charge < -0.3 is 14.2 Å². The highest BCUT2D eigenvalue weighted by Gasteiger charge is 1.88. The van der Waals surface area contributed by atoms with E-state index in [-0.39, 0.29) is 0 Å². The number of carbonyl (C=O) groups excluding carboxylic acids is 1. The highest BCUT2D eigenvalue weighted by atomic mass is 16.7. The van der Waals surface area contributed by atoms with Crippen molar-refractivity contribution < 1.29 is 19.0 Å². The number of hydrogen-bond acceptors (Lipinski definition) is 4. The van der Waals surface area contributed by atoms with Crippen LogP contribution in [0.3, 0.4) is 0 Å². The first kappa shape index (κ1) is 13.3. The molecule has 0 bridgehead atoms. The lowest BCUT2D eigenvalue weighted by Gasteiger charge is -1.97. The Hall–Kier alpha value is -1.71. The van der Waals surface area contributed by atoms with Crippen LogP contribution in [-0.2, 0) is 9.47 Å². The van der Waals surface area contributed by atoms with Crippen LogP contribution >= 0.6 is 0 Å². The monoisotopic (exact) mass is 212 g/mol. The Balaban J connectivity index is 0.000000288. The van der Waals surface area contributed by atoms with Crippen molar-refractivity contribution in [2.45, 2.75) is 6.92 Å². The molecular formula is C11H16O4. The summed E-state index contributed by atoms with van der Waals surface area (Å²) in [7, 11) is 4.18. The van der Waals surface area contributed by atoms with Crippen molar-refractivity contribution in [1.29, 1.82) is 0 Å². The molecule has 0 aliphatic heterocycles. The van der Waals surface area contributed by atoms with Crippen LogP contribution in [0.25, 0.3) is 0 Å². The van der Waals surface area contributed by atoms with Crippen LogP contribution in [-0.4, -0.2) is 27.5 Å². The summed E-state index contributed by atoms with van der Waals surface area (Å²) in [6.45, 7) is 2.06. The van der Waals surface area contributed by atoms with Gasteiger partial charge in [0.1, 0.15) is 5.75 Å². The molecule has 15 heavy (non-hydrogen) atoms. The maximum atomic E-state index is 9.74. The Kier molecular flexibility index (Phi) is 6.80. The van der Waals surface area contributed by atoms with Gasteiger partial charge in [0.2, 0.25) is 0 Å². The smallest absolute Gasteiger partial charge is 0.497 e. The van der Waals surface area contributed by atoms with Crippen LogP contribution in [0.2, 0.25) is 0 Å². The molecule has 4 nitrogen and oxygen atoms in total. The molecule has 4 heteroatoms. The van der Waals surface area contributed by atoms with Gasteiger partial charge in [-0.2, -0.15) is 0 Å². The van der Waals surface area contributed by atoms with E-state index in [4.69, 9.17) is 4.74 Å². The molecule has 0 amide bonds. The number of carbonyl (C=O) groups is 1. The highest BCUT2D eigenvalue weighted by Crippen LogP contribution is 2.09. The first-order chi connectivity index (χ1) is 7.13. The quantitative estimate of drug-likeness (QED) is 0.670. The molecule has 0 heterocycles. The normalized spacial score (nSPS) is 8.27. The average molecular weight is 212 g/mol. The van der Waals surface area contributed by atoms with Crippen molar-refractivity contribution in [3.63, 3.8) is 0 Å². The van der Waals surface area contributed by atoms with Crippen LogP contribution in [0.5, 0.6) is 5.75 Å². The summed E-state index contributed by atoms with van der Waals surface area (Å²) in [5.41, 5.74) is 1.26. The fraction of sp³-hybridized carbons (Fsp3) is 0.364. The van der Waals surface area contributed by atoms with Gasteiger partial charge in [-0.15, -0.1) is 0 Å². The molecular weight excluding hydrogens is 196 g/mol. The molecule has 0 unspecified atom stereocenters. The second-order valence-corrected chi connectivity index (χ2v) is 2.68. The first-order valence-electron chi connectivity index (χ1n) is 4.36. The second-order valence-electron chi connectivity index (χ2n) is 2.68. The van der Waals surface area contributed by atoms with E-state index in [9.17, 15) is 4.79 Å². The number of ether oxygens (including phenoxy) is 3. The van der Waals surface area contributed by atoms with Crippen molar-refractivity contribution in [3.8, 4) is 5.75 Å². The van der Waals surface area contributed by atoms with Crippen molar-refractivity contribution >= 4 is 6.16 Å². The third kappa shape index (κ3) is 6.37. The van der Waals surface area contributed by atoms with Gasteiger partial charge in [-0.05, 0) is 19.1 Å². The lowest BCUT2D eigenvalue weighted by Crippen LogP contribution is -1.97. The standard InChI is InChI=1S/C8H10O.C3H6O3/c1-7-3-5-8(9-2)6-4-7;1-5-3(4)6-2/h3-6H,1-2H3;1-2H3. The fourth-order valence-electron chi connectivity index (χ4n) is 0.758. The van der Waals surface area contributed by atoms with Crippen molar-refractivity contribution in [1.82, 2.24) is 0 Å². The minimum atomic E-state index is -0.657. The summed E-state index contributed by atoms with van der Waals surface area (Å²) in [4.78, 5) is 9.74. The maximum absolute atomic E-state index is 9.74. The van der Waals surface area contributed by atoms with Crippen LogP contribution in [0.4, 0.5) is 4.79 Å². The highest BCUT2D eigenvalue weighted by molar-refractivity contribution is 5.59. The van der Waals surface area contributed by atoms with E-state index < -0.39 is 6.16 Å². The van der Waals surface area contributed by atoms with E-state index in [1.165, 1.54) is 19.8 Å². The number of benzene rings is 1. The summed E-state index contributed by atoms with van der Waals surface area (Å²) in [5, 5.41) is 0. The molecule has 0 saturated carbocycles. The van der Waals surface area contributed by atoms with E-state index in [1.807, 2.05) is 24.3 Å². The topological polar surface area (TPSA) is 44.8 Å². The van der Waals surface area contributed by atoms with E-state index in [2.05, 4.69) is 16.4 Å². The zero-order valence-electron chi connectivity index (χ0n) is 9.44. The van der Waals surface area contributed by atoms with Gasteiger partial charge in [0, 0.05) is 0 Å². The summed E-state index contributed by atoms with van der Waals surface area (Å²) in [6, 6.07) is 7.96. The molecule has 84 valence electrons. The van der Waals surface area contributed by atoms with E-state index >= 15 is 0 Å². The van der Waals surface area contributed by atoms with Crippen LogP contribution in [0.15, 0.2) is 24.3 Å². The molecule has 1 aromatic carbocycles. The van der Waals surface area contributed by atoms with Crippen LogP contribution in [0, 0.1) is 6.92 Å². The van der Waals surface area contributed by atoms with Gasteiger partial charge in [-0.25, -0.2) is 4.79 Å². The van der Waals surface area contributed by atoms with E-state index in [0.717, 1.165) is 5.75 Å². The molecule has 0 fully saturated rings. The number of aryl methyl sites for hydroxylation is 1. The molecule has 0 spiro atoms. The minimum Gasteiger partial charge on any atom is -0.497 e. The maximum Gasteiger partial charge on any atom is 0.507 e. The van der Waals surface area contributed by atoms with Crippen LogP contribution < -0.4 is 4.74 Å². The van der Waals surface area contributed by atoms with Crippen molar-refractivity contribution in [2.75, 3.05) is 21.3 Å². The number of rotatable bonds is 1. The predicted molar refractivity (Wildman–Crippen MR) is 57.1 cm³/mol. The fourth-order valence-corrected chi connectivity index (χ4v) is 0.758. The lowest BCUT2D eigenvalue weighted by atomic mass is 10.2. The molecule has 0 atom stereocenters. The van der Waals surface area contributed by atoms with Gasteiger partial charge in [0.05, 0.1) is 21.3 Å². The molecule has 0 saturated heterocycles. The number of hydrogen-bond donors (Lipinski definition) is 0. The second kappa shape index (κ2) is 7.67. The zero-order chi connectivity index (χ0) is 11.7. The molecule has 0 aromatic heterocycles. The van der Waals surface area contributed by atoms with Crippen molar-refractivity contribution in [3.05, 3.63) is 29.8 Å². The first-order valence-corrected chi connectivity index (χ1v) is 4.36. The van der Waals surface area contributed by atoms with Gasteiger partial charge in [-0.1, -0.05) is 17.7 Å². The Bertz CT molecular complexity index is 273. The van der Waals surface area contributed by atoms with Gasteiger partial charge in [-0.3, -0.25) is 0 Å². The SMILES string of the molecule is COC(=O)OC.COc1ccc(C)cc1. The molecule has 1 aromatic rings. The molecule has 0 aliphatic rings. The molecule has 1 rings (SSSR count). The summed E-state index contributed by atoms with van der Waals surface area (Å²) < 4.78 is 13.0. The minimum absolute atomic E-state index is 0.657. The summed E-state index contributed by atoms with van der Waals surface area (Å²) in [5.74, 6) is 0.917. The predicted octanol–water partition coefficient (Wildman–Crippen LogP) is 2.40. The Morgan fingerprint density at radius 3 is 1.73 bits per heavy atom. The Labute approximate surface area is 89.8 Å². The third-order valence-electron chi connectivity index (χ3n) is 1.59. The lowest BCUT2D eigenvalue weighted by molar-refractivity contribution is 0.0924. The molecule has 0 N–H and O–H groups in total. The zero-order valence-corrected chi connectivity index (χ0v) is 9.44. The van der Waals surface area contributed by atoms with E-state index in [1.54, 1.807) is 7.11 Å². The van der Waals surface area contributed by atoms with Crippen molar-refractivity contribution in [2.24, 2.45) is 0 Å². The Morgan fingerprint density at radius 2 is 1.47 bits per heavy atom. The molecule has 0 radical (unpaired) electrons. The van der Waals surface area contributed by atoms with Gasteiger partial charge in [0.15, 0.2) is 0 Å².